The van der Waals surface area contributed by atoms with Crippen molar-refractivity contribution in [3.8, 4) is 5.75 Å². The molecule has 0 unspecified atom stereocenters. The zero-order valence-corrected chi connectivity index (χ0v) is 16.3. The van der Waals surface area contributed by atoms with Crippen LogP contribution in [0.15, 0.2) is 18.2 Å². The van der Waals surface area contributed by atoms with Crippen molar-refractivity contribution < 1.29 is 4.74 Å². The van der Waals surface area contributed by atoms with Crippen molar-refractivity contribution in [2.45, 2.75) is 51.2 Å². The maximum atomic E-state index is 5.62. The molecular weight excluding hydrogens is 310 g/mol. The monoisotopic (exact) mass is 345 g/mol. The molecule has 2 saturated heterocycles. The second-order valence-electron chi connectivity index (χ2n) is 7.95. The molecule has 0 N–H and O–H groups in total. The maximum absolute atomic E-state index is 5.62. The Morgan fingerprint density at radius 1 is 0.960 bits per heavy atom. The van der Waals surface area contributed by atoms with E-state index in [9.17, 15) is 0 Å². The zero-order valence-electron chi connectivity index (χ0n) is 16.3. The number of hydrogen-bond acceptors (Lipinski definition) is 4. The quantitative estimate of drug-likeness (QED) is 0.788. The molecular formula is C21H35N3O. The second kappa shape index (κ2) is 9.02. The van der Waals surface area contributed by atoms with Crippen LogP contribution in [0.1, 0.15) is 43.2 Å². The van der Waals surface area contributed by atoms with Crippen LogP contribution in [0.3, 0.4) is 0 Å². The molecule has 0 aliphatic carbocycles. The van der Waals surface area contributed by atoms with Gasteiger partial charge in [-0.3, -0.25) is 9.80 Å². The first-order valence-electron chi connectivity index (χ1n) is 9.92. The number of hydrogen-bond donors (Lipinski definition) is 0. The maximum Gasteiger partial charge on any atom is 0.123 e. The highest BCUT2D eigenvalue weighted by molar-refractivity contribution is 5.37. The van der Waals surface area contributed by atoms with Crippen molar-refractivity contribution in [3.05, 3.63) is 29.3 Å². The Kier molecular flexibility index (Phi) is 6.74. The largest absolute Gasteiger partial charge is 0.496 e. The molecule has 2 aliphatic rings. The molecule has 0 aromatic heterocycles. The summed E-state index contributed by atoms with van der Waals surface area (Å²) in [5.74, 6) is 1.04. The van der Waals surface area contributed by atoms with Gasteiger partial charge in [-0.2, -0.15) is 0 Å². The molecule has 4 heteroatoms. The predicted molar refractivity (Wildman–Crippen MR) is 104 cm³/mol. The average Bonchev–Trinajstić information content (AvgIpc) is 2.99. The minimum atomic E-state index is 0.742. The van der Waals surface area contributed by atoms with E-state index in [0.717, 1.165) is 24.9 Å². The van der Waals surface area contributed by atoms with Gasteiger partial charge >= 0.3 is 0 Å². The van der Waals surface area contributed by atoms with Crippen LogP contribution in [-0.2, 0) is 13.1 Å². The van der Waals surface area contributed by atoms with Gasteiger partial charge in [-0.05, 0) is 90.1 Å². The fourth-order valence-corrected chi connectivity index (χ4v) is 4.31. The van der Waals surface area contributed by atoms with Crippen molar-refractivity contribution >= 4 is 0 Å². The molecule has 2 heterocycles. The molecule has 25 heavy (non-hydrogen) atoms. The Morgan fingerprint density at radius 2 is 1.68 bits per heavy atom. The van der Waals surface area contributed by atoms with Crippen LogP contribution in [0.25, 0.3) is 0 Å². The summed E-state index contributed by atoms with van der Waals surface area (Å²) in [6, 6.07) is 7.54. The molecule has 1 aromatic carbocycles. The minimum Gasteiger partial charge on any atom is -0.496 e. The standard InChI is InChI=1S/C21H35N3O/c1-22(2)20-7-6-13-24(14-10-20)16-18-8-9-21(25-3)19(15-18)17-23-11-4-5-12-23/h8-9,15,20H,4-7,10-14,16-17H2,1-3H3/t20-/m0/s1. The van der Waals surface area contributed by atoms with Crippen LogP contribution in [0.2, 0.25) is 0 Å². The van der Waals surface area contributed by atoms with Gasteiger partial charge in [0, 0.05) is 24.7 Å². The molecule has 3 rings (SSSR count). The van der Waals surface area contributed by atoms with E-state index in [2.05, 4.69) is 47.0 Å². The molecule has 0 amide bonds. The lowest BCUT2D eigenvalue weighted by Crippen LogP contribution is -2.30. The van der Waals surface area contributed by atoms with Crippen molar-refractivity contribution in [1.29, 1.82) is 0 Å². The van der Waals surface area contributed by atoms with Crippen LogP contribution in [0.4, 0.5) is 0 Å². The van der Waals surface area contributed by atoms with Crippen molar-refractivity contribution in [2.75, 3.05) is 47.4 Å². The fraction of sp³-hybridized carbons (Fsp3) is 0.714. The molecule has 1 aromatic rings. The van der Waals surface area contributed by atoms with Gasteiger partial charge in [0.05, 0.1) is 7.11 Å². The summed E-state index contributed by atoms with van der Waals surface area (Å²) in [5.41, 5.74) is 2.78. The molecule has 0 radical (unpaired) electrons. The lowest BCUT2D eigenvalue weighted by Gasteiger charge is -2.24. The molecule has 140 valence electrons. The lowest BCUT2D eigenvalue weighted by atomic mass is 10.1. The molecule has 0 saturated carbocycles. The van der Waals surface area contributed by atoms with E-state index < -0.39 is 0 Å². The number of methoxy groups -OCH3 is 1. The summed E-state index contributed by atoms with van der Waals surface area (Å²) >= 11 is 0. The predicted octanol–water partition coefficient (Wildman–Crippen LogP) is 3.21. The first-order chi connectivity index (χ1) is 12.2. The van der Waals surface area contributed by atoms with E-state index in [-0.39, 0.29) is 0 Å². The van der Waals surface area contributed by atoms with Crippen molar-refractivity contribution in [2.24, 2.45) is 0 Å². The number of benzene rings is 1. The molecule has 2 fully saturated rings. The first-order valence-corrected chi connectivity index (χ1v) is 9.92. The zero-order chi connectivity index (χ0) is 17.6. The molecule has 2 aliphatic heterocycles. The van der Waals surface area contributed by atoms with Crippen LogP contribution in [-0.4, -0.2) is 68.1 Å². The van der Waals surface area contributed by atoms with Gasteiger partial charge in [0.25, 0.3) is 0 Å². The molecule has 0 spiro atoms. The first kappa shape index (κ1) is 18.7. The Balaban J connectivity index is 1.63. The van der Waals surface area contributed by atoms with Crippen LogP contribution in [0, 0.1) is 0 Å². The van der Waals surface area contributed by atoms with Gasteiger partial charge in [-0.25, -0.2) is 0 Å². The SMILES string of the molecule is COc1ccc(CN2CCC[C@H](N(C)C)CC2)cc1CN1CCCC1. The Labute approximate surface area is 153 Å². The topological polar surface area (TPSA) is 19.0 Å². The molecule has 1 atom stereocenters. The van der Waals surface area contributed by atoms with Gasteiger partial charge in [-0.15, -0.1) is 0 Å². The smallest absolute Gasteiger partial charge is 0.123 e. The third-order valence-electron chi connectivity index (χ3n) is 5.86. The highest BCUT2D eigenvalue weighted by Gasteiger charge is 2.19. The number of likely N-dealkylation sites (tertiary alicyclic amines) is 2. The third-order valence-corrected chi connectivity index (χ3v) is 5.86. The number of ether oxygens (including phenoxy) is 1. The van der Waals surface area contributed by atoms with Gasteiger partial charge in [0.2, 0.25) is 0 Å². The Morgan fingerprint density at radius 3 is 2.40 bits per heavy atom. The van der Waals surface area contributed by atoms with Crippen LogP contribution >= 0.6 is 0 Å². The van der Waals surface area contributed by atoms with Gasteiger partial charge in [0.1, 0.15) is 5.75 Å². The minimum absolute atomic E-state index is 0.742. The molecule has 4 nitrogen and oxygen atoms in total. The fourth-order valence-electron chi connectivity index (χ4n) is 4.31. The molecule has 0 bridgehead atoms. The van der Waals surface area contributed by atoms with E-state index in [4.69, 9.17) is 4.74 Å². The lowest BCUT2D eigenvalue weighted by molar-refractivity contribution is 0.245. The highest BCUT2D eigenvalue weighted by Crippen LogP contribution is 2.25. The van der Waals surface area contributed by atoms with Crippen LogP contribution in [0.5, 0.6) is 5.75 Å². The summed E-state index contributed by atoms with van der Waals surface area (Å²) < 4.78 is 5.62. The van der Waals surface area contributed by atoms with E-state index in [1.54, 1.807) is 7.11 Å². The Hall–Kier alpha value is -1.10. The van der Waals surface area contributed by atoms with Crippen molar-refractivity contribution in [1.82, 2.24) is 14.7 Å². The van der Waals surface area contributed by atoms with Gasteiger partial charge in [0.15, 0.2) is 0 Å². The van der Waals surface area contributed by atoms with Gasteiger partial charge < -0.3 is 9.64 Å². The van der Waals surface area contributed by atoms with E-state index in [0.29, 0.717) is 0 Å². The van der Waals surface area contributed by atoms with E-state index in [1.165, 1.54) is 69.4 Å². The summed E-state index contributed by atoms with van der Waals surface area (Å²) in [6.07, 6.45) is 6.58. The summed E-state index contributed by atoms with van der Waals surface area (Å²) in [5, 5.41) is 0. The van der Waals surface area contributed by atoms with Crippen molar-refractivity contribution in [3.63, 3.8) is 0 Å². The van der Waals surface area contributed by atoms with Crippen LogP contribution < -0.4 is 4.74 Å². The van der Waals surface area contributed by atoms with Gasteiger partial charge in [-0.1, -0.05) is 6.07 Å². The van der Waals surface area contributed by atoms with E-state index in [1.807, 2.05) is 0 Å². The summed E-state index contributed by atoms with van der Waals surface area (Å²) in [4.78, 5) is 7.57. The summed E-state index contributed by atoms with van der Waals surface area (Å²) in [6.45, 7) is 6.97. The highest BCUT2D eigenvalue weighted by atomic mass is 16.5. The third kappa shape index (κ3) is 5.19. The second-order valence-corrected chi connectivity index (χ2v) is 7.95. The number of rotatable bonds is 6. The number of nitrogens with zero attached hydrogens (tertiary/aromatic N) is 3. The Bertz CT molecular complexity index is 540. The van der Waals surface area contributed by atoms with E-state index >= 15 is 0 Å². The normalized spacial score (nSPS) is 23.1. The average molecular weight is 346 g/mol. The summed E-state index contributed by atoms with van der Waals surface area (Å²) in [7, 11) is 6.22.